The third-order valence-corrected chi connectivity index (χ3v) is 3.56. The van der Waals surface area contributed by atoms with Gasteiger partial charge in [0.1, 0.15) is 17.6 Å². The number of nitrogens with zero attached hydrogens (tertiary/aromatic N) is 1. The number of guanidine groups is 1. The first-order valence-electron chi connectivity index (χ1n) is 8.53. The van der Waals surface area contributed by atoms with Crippen molar-refractivity contribution in [1.29, 1.82) is 0 Å². The van der Waals surface area contributed by atoms with Gasteiger partial charge in [-0.1, -0.05) is 0 Å². The van der Waals surface area contributed by atoms with Crippen molar-refractivity contribution in [2.45, 2.75) is 59.7 Å². The van der Waals surface area contributed by atoms with Crippen LogP contribution in [0, 0.1) is 0 Å². The van der Waals surface area contributed by atoms with Crippen LogP contribution in [0.5, 0.6) is 11.5 Å². The number of fused-ring (bicyclic) bond motifs is 1. The van der Waals surface area contributed by atoms with E-state index >= 15 is 0 Å². The van der Waals surface area contributed by atoms with Crippen LogP contribution in [0.3, 0.4) is 0 Å². The fraction of sp³-hybridized carbons (Fsp3) is 0.611. The van der Waals surface area contributed by atoms with Crippen molar-refractivity contribution in [1.82, 2.24) is 10.6 Å². The topological polar surface area (TPSA) is 54.9 Å². The van der Waals surface area contributed by atoms with Crippen molar-refractivity contribution in [2.75, 3.05) is 13.2 Å². The fourth-order valence-corrected chi connectivity index (χ4v) is 2.65. The molecule has 0 radical (unpaired) electrons. The van der Waals surface area contributed by atoms with Crippen molar-refractivity contribution in [3.05, 3.63) is 23.3 Å². The Hall–Kier alpha value is -1.91. The van der Waals surface area contributed by atoms with Gasteiger partial charge in [-0.25, -0.2) is 4.99 Å². The zero-order chi connectivity index (χ0) is 16.8. The summed E-state index contributed by atoms with van der Waals surface area (Å²) in [6.45, 7) is 12.4. The molecule has 0 aliphatic carbocycles. The smallest absolute Gasteiger partial charge is 0.191 e. The van der Waals surface area contributed by atoms with E-state index in [-0.39, 0.29) is 6.10 Å². The summed E-state index contributed by atoms with van der Waals surface area (Å²) in [5.41, 5.74) is 2.28. The van der Waals surface area contributed by atoms with Crippen LogP contribution in [0.15, 0.2) is 17.1 Å². The van der Waals surface area contributed by atoms with Gasteiger partial charge in [0.15, 0.2) is 5.96 Å². The molecule has 1 unspecified atom stereocenters. The van der Waals surface area contributed by atoms with Gasteiger partial charge in [0.2, 0.25) is 0 Å². The predicted octanol–water partition coefficient (Wildman–Crippen LogP) is 2.87. The molecule has 0 amide bonds. The molecular weight excluding hydrogens is 290 g/mol. The summed E-state index contributed by atoms with van der Waals surface area (Å²) in [7, 11) is 0. The predicted molar refractivity (Wildman–Crippen MR) is 94.5 cm³/mol. The van der Waals surface area contributed by atoms with Gasteiger partial charge in [-0.05, 0) is 46.8 Å². The number of aliphatic imine (C=N–C) groups is 1. The first kappa shape index (κ1) is 17.4. The molecule has 0 fully saturated rings. The van der Waals surface area contributed by atoms with Crippen molar-refractivity contribution < 1.29 is 9.47 Å². The number of ether oxygens (including phenoxy) is 2. The van der Waals surface area contributed by atoms with E-state index in [1.54, 1.807) is 0 Å². The van der Waals surface area contributed by atoms with Gasteiger partial charge in [-0.15, -0.1) is 0 Å². The Morgan fingerprint density at radius 1 is 1.39 bits per heavy atom. The number of rotatable bonds is 6. The molecule has 23 heavy (non-hydrogen) atoms. The second kappa shape index (κ2) is 8.09. The molecule has 0 bridgehead atoms. The molecule has 1 aromatic rings. The molecule has 0 aromatic heterocycles. The summed E-state index contributed by atoms with van der Waals surface area (Å²) in [6.07, 6.45) is 1.18. The SMILES string of the molecule is CCNC(=NCc1cc2c(cc1OCC)CC(C)O2)NC(C)C. The van der Waals surface area contributed by atoms with Crippen LogP contribution >= 0.6 is 0 Å². The van der Waals surface area contributed by atoms with Crippen LogP contribution in [-0.4, -0.2) is 31.3 Å². The molecule has 1 atom stereocenters. The molecule has 128 valence electrons. The number of benzene rings is 1. The van der Waals surface area contributed by atoms with E-state index in [2.05, 4.69) is 55.5 Å². The molecule has 5 nitrogen and oxygen atoms in total. The van der Waals surface area contributed by atoms with Crippen molar-refractivity contribution >= 4 is 5.96 Å². The van der Waals surface area contributed by atoms with E-state index in [4.69, 9.17) is 9.47 Å². The highest BCUT2D eigenvalue weighted by Crippen LogP contribution is 2.35. The Balaban J connectivity index is 2.21. The van der Waals surface area contributed by atoms with Gasteiger partial charge in [-0.2, -0.15) is 0 Å². The van der Waals surface area contributed by atoms with Crippen molar-refractivity contribution in [2.24, 2.45) is 4.99 Å². The van der Waals surface area contributed by atoms with Crippen LogP contribution < -0.4 is 20.1 Å². The Morgan fingerprint density at radius 3 is 2.83 bits per heavy atom. The summed E-state index contributed by atoms with van der Waals surface area (Å²) in [5, 5.41) is 6.59. The lowest BCUT2D eigenvalue weighted by atomic mass is 10.1. The van der Waals surface area contributed by atoms with E-state index in [1.807, 2.05) is 6.92 Å². The van der Waals surface area contributed by atoms with E-state index in [0.29, 0.717) is 19.2 Å². The standard InChI is InChI=1S/C18H29N3O2/c1-6-19-18(21-12(3)4)20-11-15-10-17-14(8-13(5)23-17)9-16(15)22-7-2/h9-10,12-13H,6-8,11H2,1-5H3,(H2,19,20,21). The summed E-state index contributed by atoms with van der Waals surface area (Å²) >= 11 is 0. The maximum Gasteiger partial charge on any atom is 0.191 e. The van der Waals surface area contributed by atoms with Crippen LogP contribution in [-0.2, 0) is 13.0 Å². The fourth-order valence-electron chi connectivity index (χ4n) is 2.65. The maximum atomic E-state index is 5.86. The zero-order valence-electron chi connectivity index (χ0n) is 14.9. The van der Waals surface area contributed by atoms with Gasteiger partial charge in [-0.3, -0.25) is 0 Å². The summed E-state index contributed by atoms with van der Waals surface area (Å²) in [6, 6.07) is 4.52. The molecule has 0 spiro atoms. The van der Waals surface area contributed by atoms with Crippen LogP contribution in [0.2, 0.25) is 0 Å². The van der Waals surface area contributed by atoms with Gasteiger partial charge in [0.25, 0.3) is 0 Å². The summed E-state index contributed by atoms with van der Waals surface area (Å²) in [5.74, 6) is 2.70. The van der Waals surface area contributed by atoms with E-state index in [9.17, 15) is 0 Å². The minimum absolute atomic E-state index is 0.234. The first-order valence-corrected chi connectivity index (χ1v) is 8.53. The normalized spacial score (nSPS) is 17.0. The van der Waals surface area contributed by atoms with Crippen molar-refractivity contribution in [3.63, 3.8) is 0 Å². The molecule has 0 saturated carbocycles. The average molecular weight is 319 g/mol. The molecule has 1 aromatic carbocycles. The highest BCUT2D eigenvalue weighted by Gasteiger charge is 2.21. The third-order valence-electron chi connectivity index (χ3n) is 3.56. The van der Waals surface area contributed by atoms with Gasteiger partial charge in [0, 0.05) is 30.1 Å². The van der Waals surface area contributed by atoms with Gasteiger partial charge < -0.3 is 20.1 Å². The molecule has 5 heteroatoms. The zero-order valence-corrected chi connectivity index (χ0v) is 14.9. The summed E-state index contributed by atoms with van der Waals surface area (Å²) in [4.78, 5) is 4.67. The average Bonchev–Trinajstić information content (AvgIpc) is 2.83. The molecule has 1 aliphatic rings. The number of nitrogens with one attached hydrogen (secondary N) is 2. The second-order valence-corrected chi connectivity index (χ2v) is 6.13. The minimum atomic E-state index is 0.234. The molecule has 1 aliphatic heterocycles. The van der Waals surface area contributed by atoms with Crippen LogP contribution in [0.25, 0.3) is 0 Å². The monoisotopic (exact) mass is 319 g/mol. The molecule has 0 saturated heterocycles. The second-order valence-electron chi connectivity index (χ2n) is 6.13. The van der Waals surface area contributed by atoms with Crippen LogP contribution in [0.1, 0.15) is 45.7 Å². The highest BCUT2D eigenvalue weighted by atomic mass is 16.5. The lowest BCUT2D eigenvalue weighted by Crippen LogP contribution is -2.41. The van der Waals surface area contributed by atoms with E-state index < -0.39 is 0 Å². The lowest BCUT2D eigenvalue weighted by Gasteiger charge is -2.15. The largest absolute Gasteiger partial charge is 0.494 e. The van der Waals surface area contributed by atoms with E-state index in [1.165, 1.54) is 5.56 Å². The number of hydrogen-bond donors (Lipinski definition) is 2. The van der Waals surface area contributed by atoms with Crippen LogP contribution in [0.4, 0.5) is 0 Å². The third kappa shape index (κ3) is 4.78. The number of hydrogen-bond acceptors (Lipinski definition) is 3. The Bertz CT molecular complexity index is 555. The quantitative estimate of drug-likeness (QED) is 0.625. The van der Waals surface area contributed by atoms with Gasteiger partial charge >= 0.3 is 0 Å². The van der Waals surface area contributed by atoms with Gasteiger partial charge in [0.05, 0.1) is 13.2 Å². The Labute approximate surface area is 139 Å². The maximum absolute atomic E-state index is 5.86. The summed E-state index contributed by atoms with van der Waals surface area (Å²) < 4.78 is 11.7. The minimum Gasteiger partial charge on any atom is -0.494 e. The van der Waals surface area contributed by atoms with Crippen molar-refractivity contribution in [3.8, 4) is 11.5 Å². The lowest BCUT2D eigenvalue weighted by molar-refractivity contribution is 0.254. The molecule has 1 heterocycles. The molecule has 2 N–H and O–H groups in total. The molecule has 2 rings (SSSR count). The first-order chi connectivity index (χ1) is 11.0. The highest BCUT2D eigenvalue weighted by molar-refractivity contribution is 5.80. The Kier molecular flexibility index (Phi) is 6.13. The molecular formula is C18H29N3O2. The Morgan fingerprint density at radius 2 is 2.17 bits per heavy atom. The van der Waals surface area contributed by atoms with E-state index in [0.717, 1.165) is 36.0 Å².